The van der Waals surface area contributed by atoms with E-state index in [1.165, 1.54) is 0 Å². The van der Waals surface area contributed by atoms with Crippen LogP contribution in [0.3, 0.4) is 0 Å². The highest BCUT2D eigenvalue weighted by Gasteiger charge is 2.12. The molecule has 1 aromatic rings. The molecule has 0 radical (unpaired) electrons. The SMILES string of the molecule is CSCCCNS(=O)(=O)c1ccc(CCCl)cc1. The van der Waals surface area contributed by atoms with Gasteiger partial charge in [-0.3, -0.25) is 0 Å². The molecule has 0 aliphatic carbocycles. The maximum atomic E-state index is 11.9. The zero-order valence-corrected chi connectivity index (χ0v) is 12.7. The third-order valence-electron chi connectivity index (χ3n) is 2.43. The third-order valence-corrected chi connectivity index (χ3v) is 4.80. The van der Waals surface area contributed by atoms with Crippen molar-refractivity contribution in [3.63, 3.8) is 0 Å². The van der Waals surface area contributed by atoms with Crippen molar-refractivity contribution >= 4 is 33.4 Å². The second kappa shape index (κ2) is 8.04. The molecule has 0 aliphatic heterocycles. The van der Waals surface area contributed by atoms with Gasteiger partial charge in [0.25, 0.3) is 0 Å². The molecule has 0 saturated carbocycles. The Hall–Kier alpha value is -0.230. The fraction of sp³-hybridized carbons (Fsp3) is 0.500. The zero-order chi connectivity index (χ0) is 13.4. The van der Waals surface area contributed by atoms with Gasteiger partial charge in [0.15, 0.2) is 0 Å². The summed E-state index contributed by atoms with van der Waals surface area (Å²) in [6.07, 6.45) is 3.60. The highest BCUT2D eigenvalue weighted by Crippen LogP contribution is 2.11. The lowest BCUT2D eigenvalue weighted by Gasteiger charge is -2.07. The van der Waals surface area contributed by atoms with Crippen LogP contribution in [0.15, 0.2) is 29.2 Å². The van der Waals surface area contributed by atoms with Gasteiger partial charge in [-0.15, -0.1) is 11.6 Å². The average Bonchev–Trinajstić information content (AvgIpc) is 2.36. The number of aryl methyl sites for hydroxylation is 1. The molecular weight excluding hydrogens is 290 g/mol. The van der Waals surface area contributed by atoms with Crippen LogP contribution < -0.4 is 4.72 Å². The lowest BCUT2D eigenvalue weighted by atomic mass is 10.2. The van der Waals surface area contributed by atoms with E-state index in [-0.39, 0.29) is 0 Å². The first-order valence-electron chi connectivity index (χ1n) is 5.73. The van der Waals surface area contributed by atoms with E-state index in [0.717, 1.165) is 24.2 Å². The number of sulfonamides is 1. The summed E-state index contributed by atoms with van der Waals surface area (Å²) in [4.78, 5) is 0.310. The smallest absolute Gasteiger partial charge is 0.211 e. The molecule has 1 aromatic carbocycles. The topological polar surface area (TPSA) is 46.2 Å². The lowest BCUT2D eigenvalue weighted by Crippen LogP contribution is -2.25. The molecule has 18 heavy (non-hydrogen) atoms. The minimum atomic E-state index is -3.36. The largest absolute Gasteiger partial charge is 0.240 e. The van der Waals surface area contributed by atoms with Crippen molar-refractivity contribution in [2.24, 2.45) is 0 Å². The van der Waals surface area contributed by atoms with Gasteiger partial charge in [-0.25, -0.2) is 13.1 Å². The van der Waals surface area contributed by atoms with Gasteiger partial charge in [0, 0.05) is 12.4 Å². The number of benzene rings is 1. The van der Waals surface area contributed by atoms with E-state index in [1.807, 2.05) is 6.26 Å². The van der Waals surface area contributed by atoms with Crippen molar-refractivity contribution in [3.05, 3.63) is 29.8 Å². The number of hydrogen-bond acceptors (Lipinski definition) is 3. The van der Waals surface area contributed by atoms with Gasteiger partial charge in [-0.05, 0) is 42.5 Å². The Kier molecular flexibility index (Phi) is 7.07. The van der Waals surface area contributed by atoms with E-state index in [4.69, 9.17) is 11.6 Å². The van der Waals surface area contributed by atoms with Crippen LogP contribution in [0.2, 0.25) is 0 Å². The summed E-state index contributed by atoms with van der Waals surface area (Å²) >= 11 is 7.34. The molecule has 0 saturated heterocycles. The van der Waals surface area contributed by atoms with Crippen molar-refractivity contribution < 1.29 is 8.42 Å². The first-order chi connectivity index (χ1) is 8.60. The molecule has 1 rings (SSSR count). The second-order valence-electron chi connectivity index (χ2n) is 3.83. The van der Waals surface area contributed by atoms with Crippen molar-refractivity contribution in [1.82, 2.24) is 4.72 Å². The number of alkyl halides is 1. The minimum absolute atomic E-state index is 0.310. The Labute approximate surface area is 118 Å². The summed E-state index contributed by atoms with van der Waals surface area (Å²) in [6.45, 7) is 0.479. The van der Waals surface area contributed by atoms with Crippen molar-refractivity contribution in [2.45, 2.75) is 17.7 Å². The molecular formula is C12H18ClNO2S2. The number of halogens is 1. The van der Waals surface area contributed by atoms with Crippen LogP contribution in [0.5, 0.6) is 0 Å². The van der Waals surface area contributed by atoms with Crippen molar-refractivity contribution in [3.8, 4) is 0 Å². The van der Waals surface area contributed by atoms with Crippen LogP contribution in [0.25, 0.3) is 0 Å². The lowest BCUT2D eigenvalue weighted by molar-refractivity contribution is 0.581. The highest BCUT2D eigenvalue weighted by atomic mass is 35.5. The van der Waals surface area contributed by atoms with Crippen LogP contribution in [0.4, 0.5) is 0 Å². The van der Waals surface area contributed by atoms with Crippen molar-refractivity contribution in [2.75, 3.05) is 24.4 Å². The van der Waals surface area contributed by atoms with E-state index < -0.39 is 10.0 Å². The molecule has 0 aliphatic rings. The van der Waals surface area contributed by atoms with Gasteiger partial charge in [-0.2, -0.15) is 11.8 Å². The minimum Gasteiger partial charge on any atom is -0.211 e. The Morgan fingerprint density at radius 2 is 1.94 bits per heavy atom. The third kappa shape index (κ3) is 5.18. The number of nitrogens with one attached hydrogen (secondary N) is 1. The molecule has 102 valence electrons. The molecule has 3 nitrogen and oxygen atoms in total. The number of hydrogen-bond donors (Lipinski definition) is 1. The molecule has 0 bridgehead atoms. The molecule has 0 aromatic heterocycles. The number of rotatable bonds is 8. The summed E-state index contributed by atoms with van der Waals surface area (Å²) < 4.78 is 26.4. The molecule has 6 heteroatoms. The fourth-order valence-electron chi connectivity index (χ4n) is 1.45. The Balaban J connectivity index is 2.61. The quantitative estimate of drug-likeness (QED) is 0.593. The van der Waals surface area contributed by atoms with Gasteiger partial charge in [0.2, 0.25) is 10.0 Å². The summed E-state index contributed by atoms with van der Waals surface area (Å²) in [7, 11) is -3.36. The zero-order valence-electron chi connectivity index (χ0n) is 10.4. The van der Waals surface area contributed by atoms with E-state index in [2.05, 4.69) is 4.72 Å². The summed E-state index contributed by atoms with van der Waals surface area (Å²) in [5.41, 5.74) is 1.05. The maximum Gasteiger partial charge on any atom is 0.240 e. The Morgan fingerprint density at radius 3 is 2.50 bits per heavy atom. The van der Waals surface area contributed by atoms with Gasteiger partial charge >= 0.3 is 0 Å². The summed E-state index contributed by atoms with van der Waals surface area (Å²) in [6, 6.07) is 6.86. The van der Waals surface area contributed by atoms with Crippen molar-refractivity contribution in [1.29, 1.82) is 0 Å². The fourth-order valence-corrected chi connectivity index (χ4v) is 3.18. The number of thioether (sulfide) groups is 1. The molecule has 0 fully saturated rings. The molecule has 0 heterocycles. The predicted molar refractivity (Wildman–Crippen MR) is 79.1 cm³/mol. The van der Waals surface area contributed by atoms with Gasteiger partial charge in [0.1, 0.15) is 0 Å². The van der Waals surface area contributed by atoms with E-state index in [1.54, 1.807) is 36.0 Å². The average molecular weight is 308 g/mol. The predicted octanol–water partition coefficient (Wildman–Crippen LogP) is 2.50. The van der Waals surface area contributed by atoms with Gasteiger partial charge in [-0.1, -0.05) is 12.1 Å². The Morgan fingerprint density at radius 1 is 1.28 bits per heavy atom. The van der Waals surface area contributed by atoms with Crippen LogP contribution in [0, 0.1) is 0 Å². The highest BCUT2D eigenvalue weighted by molar-refractivity contribution is 7.98. The monoisotopic (exact) mass is 307 g/mol. The van der Waals surface area contributed by atoms with Gasteiger partial charge in [0.05, 0.1) is 4.90 Å². The molecule has 0 atom stereocenters. The van der Waals surface area contributed by atoms with Crippen LogP contribution in [-0.2, 0) is 16.4 Å². The van der Waals surface area contributed by atoms with E-state index >= 15 is 0 Å². The Bertz CT molecular complexity index is 446. The normalized spacial score (nSPS) is 11.7. The first-order valence-corrected chi connectivity index (χ1v) is 9.15. The molecule has 0 unspecified atom stereocenters. The van der Waals surface area contributed by atoms with Crippen LogP contribution in [0.1, 0.15) is 12.0 Å². The standard InChI is InChI=1S/C12H18ClNO2S2/c1-17-10-2-9-14-18(15,16)12-5-3-11(4-6-12)7-8-13/h3-6,14H,2,7-10H2,1H3. The van der Waals surface area contributed by atoms with Gasteiger partial charge < -0.3 is 0 Å². The summed E-state index contributed by atoms with van der Waals surface area (Å²) in [5, 5.41) is 0. The van der Waals surface area contributed by atoms with Crippen LogP contribution >= 0.6 is 23.4 Å². The molecule has 0 amide bonds. The molecule has 1 N–H and O–H groups in total. The maximum absolute atomic E-state index is 11.9. The van der Waals surface area contributed by atoms with Crippen LogP contribution in [-0.4, -0.2) is 32.9 Å². The van der Waals surface area contributed by atoms with E-state index in [9.17, 15) is 8.42 Å². The van der Waals surface area contributed by atoms with E-state index in [0.29, 0.717) is 17.3 Å². The molecule has 0 spiro atoms. The summed E-state index contributed by atoms with van der Waals surface area (Å²) in [5.74, 6) is 1.50. The second-order valence-corrected chi connectivity index (χ2v) is 6.96. The first kappa shape index (κ1) is 15.8.